The number of aliphatic hydroxyl groups is 1. The minimum absolute atomic E-state index is 0.133. The molecule has 1 aromatic carbocycles. The summed E-state index contributed by atoms with van der Waals surface area (Å²) in [5.41, 5.74) is 1.55. The van der Waals surface area contributed by atoms with E-state index in [0.717, 1.165) is 29.6 Å². The summed E-state index contributed by atoms with van der Waals surface area (Å²) >= 11 is 0. The van der Waals surface area contributed by atoms with E-state index in [-0.39, 0.29) is 36.4 Å². The van der Waals surface area contributed by atoms with Crippen LogP contribution in [0.1, 0.15) is 100 Å². The third-order valence-corrected chi connectivity index (χ3v) is 9.17. The molecule has 39 heavy (non-hydrogen) atoms. The number of aliphatic hydroxyl groups excluding tert-OH is 1. The van der Waals surface area contributed by atoms with Gasteiger partial charge in [0.2, 0.25) is 11.8 Å². The van der Waals surface area contributed by atoms with Gasteiger partial charge in [-0.25, -0.2) is 0 Å². The number of amides is 3. The maximum Gasteiger partial charge on any atom is 0.255 e. The van der Waals surface area contributed by atoms with Crippen molar-refractivity contribution in [2.75, 3.05) is 13.1 Å². The number of benzene rings is 1. The maximum atomic E-state index is 13.0. The number of piperidine rings is 1. The van der Waals surface area contributed by atoms with Gasteiger partial charge in [0.15, 0.2) is 0 Å². The number of nitrogens with zero attached hydrogens (tertiary/aromatic N) is 2. The molecular weight excluding hydrogens is 494 g/mol. The van der Waals surface area contributed by atoms with Crippen LogP contribution < -0.4 is 10.1 Å². The van der Waals surface area contributed by atoms with E-state index in [9.17, 15) is 14.4 Å². The lowest BCUT2D eigenvalue weighted by molar-refractivity contribution is -0.136. The standard InChI is InChI=1S/C28H37N3O4.C3H8O/c32-26-13-12-24(27(33)29-26)31-17-19-14-21(10-11-22(19)28(31)34)35-25-9-5-4-8-23(25)30-15-20(16-30)18-6-2-1-3-7-18;1-3(2)4/h10-11,14,18,20,23-25H,1-9,12-13,15-17H2,(H,29,32,33);3-4H,1-2H3. The summed E-state index contributed by atoms with van der Waals surface area (Å²) in [6, 6.07) is 5.66. The second-order valence-corrected chi connectivity index (χ2v) is 12.4. The first-order chi connectivity index (χ1) is 18.8. The Labute approximate surface area is 232 Å². The smallest absolute Gasteiger partial charge is 0.255 e. The lowest BCUT2D eigenvalue weighted by Crippen LogP contribution is -2.59. The summed E-state index contributed by atoms with van der Waals surface area (Å²) in [7, 11) is 0. The molecule has 6 rings (SSSR count). The summed E-state index contributed by atoms with van der Waals surface area (Å²) in [6.07, 6.45) is 12.5. The number of likely N-dealkylation sites (tertiary alicyclic amines) is 1. The summed E-state index contributed by atoms with van der Waals surface area (Å²) in [4.78, 5) is 41.1. The Kier molecular flexibility index (Phi) is 8.92. The number of rotatable bonds is 5. The highest BCUT2D eigenvalue weighted by Gasteiger charge is 2.42. The van der Waals surface area contributed by atoms with Crippen LogP contribution in [-0.4, -0.2) is 70.0 Å². The van der Waals surface area contributed by atoms with Crippen LogP contribution in [0.3, 0.4) is 0 Å². The van der Waals surface area contributed by atoms with Gasteiger partial charge in [-0.05, 0) is 75.1 Å². The Hall–Kier alpha value is -2.45. The second kappa shape index (κ2) is 12.4. The average Bonchev–Trinajstić information content (AvgIpc) is 3.20. The molecule has 4 fully saturated rings. The quantitative estimate of drug-likeness (QED) is 0.548. The molecule has 3 atom stereocenters. The monoisotopic (exact) mass is 539 g/mol. The Morgan fingerprint density at radius 3 is 2.33 bits per heavy atom. The van der Waals surface area contributed by atoms with Gasteiger partial charge in [-0.3, -0.25) is 24.6 Å². The molecule has 8 heteroatoms. The third-order valence-electron chi connectivity index (χ3n) is 9.17. The minimum atomic E-state index is -0.580. The zero-order valence-corrected chi connectivity index (χ0v) is 23.6. The molecule has 2 aliphatic carbocycles. The van der Waals surface area contributed by atoms with Crippen molar-refractivity contribution >= 4 is 17.7 Å². The molecule has 0 aromatic heterocycles. The van der Waals surface area contributed by atoms with Gasteiger partial charge in [0.05, 0.1) is 0 Å². The van der Waals surface area contributed by atoms with Crippen molar-refractivity contribution in [3.05, 3.63) is 29.3 Å². The van der Waals surface area contributed by atoms with Gasteiger partial charge in [0, 0.05) is 43.8 Å². The van der Waals surface area contributed by atoms with Crippen molar-refractivity contribution in [2.24, 2.45) is 11.8 Å². The van der Waals surface area contributed by atoms with Crippen molar-refractivity contribution in [1.82, 2.24) is 15.1 Å². The predicted octanol–water partition coefficient (Wildman–Crippen LogP) is 4.04. The number of nitrogens with one attached hydrogen (secondary N) is 1. The lowest BCUT2D eigenvalue weighted by atomic mass is 9.75. The minimum Gasteiger partial charge on any atom is -0.489 e. The number of fused-ring (bicyclic) bond motifs is 1. The highest BCUT2D eigenvalue weighted by molar-refractivity contribution is 6.05. The highest BCUT2D eigenvalue weighted by Crippen LogP contribution is 2.39. The number of carbonyl (C=O) groups is 3. The van der Waals surface area contributed by atoms with Gasteiger partial charge < -0.3 is 14.7 Å². The van der Waals surface area contributed by atoms with E-state index >= 15 is 0 Å². The molecule has 3 unspecified atom stereocenters. The van der Waals surface area contributed by atoms with E-state index < -0.39 is 6.04 Å². The molecule has 2 saturated heterocycles. The molecule has 3 heterocycles. The second-order valence-electron chi connectivity index (χ2n) is 12.4. The Morgan fingerprint density at radius 2 is 1.62 bits per heavy atom. The van der Waals surface area contributed by atoms with Crippen LogP contribution in [-0.2, 0) is 16.1 Å². The maximum absolute atomic E-state index is 13.0. The van der Waals surface area contributed by atoms with E-state index in [0.29, 0.717) is 24.6 Å². The first kappa shape index (κ1) is 28.1. The van der Waals surface area contributed by atoms with Gasteiger partial charge in [-0.15, -0.1) is 0 Å². The van der Waals surface area contributed by atoms with E-state index in [1.807, 2.05) is 18.2 Å². The number of hydrogen-bond acceptors (Lipinski definition) is 6. The zero-order valence-electron chi connectivity index (χ0n) is 23.6. The molecule has 0 radical (unpaired) electrons. The van der Waals surface area contributed by atoms with Crippen molar-refractivity contribution in [1.29, 1.82) is 0 Å². The van der Waals surface area contributed by atoms with Crippen molar-refractivity contribution in [3.8, 4) is 5.75 Å². The van der Waals surface area contributed by atoms with E-state index in [1.165, 1.54) is 64.5 Å². The number of hydrogen-bond donors (Lipinski definition) is 2. The first-order valence-corrected chi connectivity index (χ1v) is 15.2. The molecule has 0 spiro atoms. The largest absolute Gasteiger partial charge is 0.489 e. The zero-order chi connectivity index (χ0) is 27.5. The van der Waals surface area contributed by atoms with Crippen LogP contribution in [0.4, 0.5) is 0 Å². The number of ether oxygens (including phenoxy) is 1. The molecule has 0 bridgehead atoms. The number of carbonyl (C=O) groups excluding carboxylic acids is 3. The van der Waals surface area contributed by atoms with Crippen molar-refractivity contribution in [2.45, 2.75) is 115 Å². The molecule has 214 valence electrons. The molecular formula is C31H45N3O5. The summed E-state index contributed by atoms with van der Waals surface area (Å²) < 4.78 is 6.59. The molecule has 1 aromatic rings. The summed E-state index contributed by atoms with van der Waals surface area (Å²) in [5.74, 6) is 1.87. The van der Waals surface area contributed by atoms with Crippen molar-refractivity contribution < 1.29 is 24.2 Å². The molecule has 2 saturated carbocycles. The first-order valence-electron chi connectivity index (χ1n) is 15.2. The predicted molar refractivity (Wildman–Crippen MR) is 148 cm³/mol. The SMILES string of the molecule is CC(C)O.O=C1CCC(N2Cc3cc(OC4CCCCC4N4CC(C5CCCCC5)C4)ccc3C2=O)C(=O)N1. The lowest BCUT2D eigenvalue weighted by Gasteiger charge is -2.51. The molecule has 8 nitrogen and oxygen atoms in total. The molecule has 5 aliphatic rings. The van der Waals surface area contributed by atoms with Crippen LogP contribution in [0.5, 0.6) is 5.75 Å². The van der Waals surface area contributed by atoms with E-state index in [2.05, 4.69) is 10.2 Å². The van der Waals surface area contributed by atoms with Crippen molar-refractivity contribution in [3.63, 3.8) is 0 Å². The topological polar surface area (TPSA) is 99.2 Å². The van der Waals surface area contributed by atoms with Gasteiger partial charge >= 0.3 is 0 Å². The molecule has 3 aliphatic heterocycles. The van der Waals surface area contributed by atoms with Crippen LogP contribution in [0.2, 0.25) is 0 Å². The highest BCUT2D eigenvalue weighted by atomic mass is 16.5. The Morgan fingerprint density at radius 1 is 0.923 bits per heavy atom. The van der Waals surface area contributed by atoms with Crippen LogP contribution in [0.15, 0.2) is 18.2 Å². The molecule has 3 amide bonds. The van der Waals surface area contributed by atoms with Crippen LogP contribution >= 0.6 is 0 Å². The Bertz CT molecular complexity index is 1040. The van der Waals surface area contributed by atoms with E-state index in [1.54, 1.807) is 18.7 Å². The van der Waals surface area contributed by atoms with Crippen LogP contribution in [0, 0.1) is 11.8 Å². The number of imide groups is 1. The fraction of sp³-hybridized carbons (Fsp3) is 0.710. The van der Waals surface area contributed by atoms with Crippen LogP contribution in [0.25, 0.3) is 0 Å². The summed E-state index contributed by atoms with van der Waals surface area (Å²) in [5, 5.41) is 10.4. The normalized spacial score (nSPS) is 28.5. The summed E-state index contributed by atoms with van der Waals surface area (Å²) in [6.45, 7) is 6.30. The Balaban J connectivity index is 0.000000723. The fourth-order valence-corrected chi connectivity index (χ4v) is 7.15. The molecule has 2 N–H and O–H groups in total. The average molecular weight is 540 g/mol. The van der Waals surface area contributed by atoms with Gasteiger partial charge in [0.25, 0.3) is 5.91 Å². The van der Waals surface area contributed by atoms with Gasteiger partial charge in [-0.2, -0.15) is 0 Å². The van der Waals surface area contributed by atoms with E-state index in [4.69, 9.17) is 9.84 Å². The van der Waals surface area contributed by atoms with Gasteiger partial charge in [0.1, 0.15) is 17.9 Å². The fourth-order valence-electron chi connectivity index (χ4n) is 7.15. The third kappa shape index (κ3) is 6.49. The van der Waals surface area contributed by atoms with Gasteiger partial charge in [-0.1, -0.05) is 38.5 Å².